The minimum atomic E-state index is -0.625. The quantitative estimate of drug-likeness (QED) is 0.669. The van der Waals surface area contributed by atoms with Crippen molar-refractivity contribution in [3.8, 4) is 0 Å². The number of nitro groups is 1. The lowest BCUT2D eigenvalue weighted by Crippen LogP contribution is -2.14. The van der Waals surface area contributed by atoms with E-state index < -0.39 is 10.8 Å². The molecule has 0 saturated heterocycles. The second kappa shape index (κ2) is 5.76. The van der Waals surface area contributed by atoms with E-state index in [0.717, 1.165) is 0 Å². The molecule has 1 aromatic heterocycles. The minimum Gasteiger partial charge on any atom is -0.398 e. The number of rotatable bonds is 3. The largest absolute Gasteiger partial charge is 0.398 e. The number of nitrogens with zero attached hydrogens (tertiary/aromatic N) is 2. The van der Waals surface area contributed by atoms with Crippen LogP contribution in [0, 0.1) is 17.0 Å². The Balaban J connectivity index is 2.27. The first-order valence-corrected chi connectivity index (χ1v) is 6.23. The van der Waals surface area contributed by atoms with Gasteiger partial charge in [-0.1, -0.05) is 11.6 Å². The van der Waals surface area contributed by atoms with Crippen molar-refractivity contribution in [2.75, 3.05) is 11.1 Å². The SMILES string of the molecule is Cc1cc(N)c(C(=O)Nc2ccc(Cl)c([N+](=O)[O-])c2)cn1. The Morgan fingerprint density at radius 3 is 2.76 bits per heavy atom. The summed E-state index contributed by atoms with van der Waals surface area (Å²) in [5, 5.41) is 13.3. The molecule has 0 bridgehead atoms. The molecule has 0 aliphatic rings. The zero-order valence-electron chi connectivity index (χ0n) is 11.0. The number of nitrogens with one attached hydrogen (secondary N) is 1. The van der Waals surface area contributed by atoms with Crippen LogP contribution >= 0.6 is 11.6 Å². The number of nitrogen functional groups attached to an aromatic ring is 1. The number of carbonyl (C=O) groups is 1. The smallest absolute Gasteiger partial charge is 0.289 e. The molecule has 21 heavy (non-hydrogen) atoms. The molecule has 1 aromatic carbocycles. The zero-order valence-corrected chi connectivity index (χ0v) is 11.7. The summed E-state index contributed by atoms with van der Waals surface area (Å²) in [5.41, 5.74) is 6.87. The van der Waals surface area contributed by atoms with Gasteiger partial charge in [-0.25, -0.2) is 0 Å². The maximum atomic E-state index is 12.1. The van der Waals surface area contributed by atoms with Crippen LogP contribution in [0.15, 0.2) is 30.5 Å². The van der Waals surface area contributed by atoms with Crippen molar-refractivity contribution in [2.45, 2.75) is 6.92 Å². The fourth-order valence-electron chi connectivity index (χ4n) is 1.70. The fourth-order valence-corrected chi connectivity index (χ4v) is 1.89. The molecule has 0 saturated carbocycles. The van der Waals surface area contributed by atoms with E-state index in [2.05, 4.69) is 10.3 Å². The van der Waals surface area contributed by atoms with Gasteiger partial charge in [0.1, 0.15) is 5.02 Å². The number of nitro benzene ring substituents is 1. The van der Waals surface area contributed by atoms with Crippen LogP contribution in [0.5, 0.6) is 0 Å². The van der Waals surface area contributed by atoms with E-state index in [1.807, 2.05) is 0 Å². The second-order valence-electron chi connectivity index (χ2n) is 4.29. The van der Waals surface area contributed by atoms with Crippen molar-refractivity contribution < 1.29 is 9.72 Å². The Morgan fingerprint density at radius 2 is 2.14 bits per heavy atom. The third-order valence-electron chi connectivity index (χ3n) is 2.72. The number of aryl methyl sites for hydroxylation is 1. The minimum absolute atomic E-state index is 0.00508. The standard InChI is InChI=1S/C13H11ClN4O3/c1-7-4-11(15)9(6-16-7)13(19)17-8-2-3-10(14)12(5-8)18(20)21/h2-6H,1H3,(H2,15,16)(H,17,19). The fraction of sp³-hybridized carbons (Fsp3) is 0.0769. The number of anilines is 2. The van der Waals surface area contributed by atoms with Gasteiger partial charge in [0.2, 0.25) is 0 Å². The summed E-state index contributed by atoms with van der Waals surface area (Å²) < 4.78 is 0. The number of pyridine rings is 1. The number of halogens is 1. The summed E-state index contributed by atoms with van der Waals surface area (Å²) in [4.78, 5) is 26.2. The average molecular weight is 307 g/mol. The number of benzene rings is 1. The maximum Gasteiger partial charge on any atom is 0.289 e. The van der Waals surface area contributed by atoms with Crippen LogP contribution in [0.4, 0.5) is 17.1 Å². The molecule has 0 aliphatic heterocycles. The van der Waals surface area contributed by atoms with Crippen molar-refractivity contribution in [2.24, 2.45) is 0 Å². The van der Waals surface area contributed by atoms with Crippen LogP contribution in [-0.2, 0) is 0 Å². The molecule has 1 amide bonds. The third kappa shape index (κ3) is 3.26. The first-order valence-electron chi connectivity index (χ1n) is 5.86. The number of aromatic nitrogens is 1. The number of nitrogens with two attached hydrogens (primary N) is 1. The molecule has 2 aromatic rings. The molecular formula is C13H11ClN4O3. The van der Waals surface area contributed by atoms with Gasteiger partial charge >= 0.3 is 0 Å². The van der Waals surface area contributed by atoms with Gasteiger partial charge in [0.05, 0.1) is 10.5 Å². The van der Waals surface area contributed by atoms with Gasteiger partial charge in [-0.3, -0.25) is 19.9 Å². The van der Waals surface area contributed by atoms with Gasteiger partial charge in [0.15, 0.2) is 0 Å². The average Bonchev–Trinajstić information content (AvgIpc) is 2.40. The molecule has 7 nitrogen and oxygen atoms in total. The van der Waals surface area contributed by atoms with Crippen molar-refractivity contribution in [1.29, 1.82) is 0 Å². The highest BCUT2D eigenvalue weighted by Crippen LogP contribution is 2.27. The Hall–Kier alpha value is -2.67. The molecule has 0 spiro atoms. The van der Waals surface area contributed by atoms with Gasteiger partial charge in [-0.2, -0.15) is 0 Å². The van der Waals surface area contributed by atoms with Crippen LogP contribution in [0.25, 0.3) is 0 Å². The predicted octanol–water partition coefficient (Wildman–Crippen LogP) is 2.79. The molecular weight excluding hydrogens is 296 g/mol. The lowest BCUT2D eigenvalue weighted by atomic mass is 10.2. The van der Waals surface area contributed by atoms with Crippen molar-refractivity contribution in [3.05, 3.63) is 56.9 Å². The van der Waals surface area contributed by atoms with Gasteiger partial charge < -0.3 is 11.1 Å². The lowest BCUT2D eigenvalue weighted by molar-refractivity contribution is -0.384. The Kier molecular flexibility index (Phi) is 4.04. The van der Waals surface area contributed by atoms with Crippen LogP contribution in [0.3, 0.4) is 0 Å². The summed E-state index contributed by atoms with van der Waals surface area (Å²) >= 11 is 5.70. The molecule has 0 aliphatic carbocycles. The highest BCUT2D eigenvalue weighted by molar-refractivity contribution is 6.32. The summed E-state index contributed by atoms with van der Waals surface area (Å²) in [7, 11) is 0. The van der Waals surface area contributed by atoms with E-state index in [1.165, 1.54) is 24.4 Å². The molecule has 2 rings (SSSR count). The van der Waals surface area contributed by atoms with Crippen molar-refractivity contribution in [1.82, 2.24) is 4.98 Å². The monoisotopic (exact) mass is 306 g/mol. The van der Waals surface area contributed by atoms with E-state index in [1.54, 1.807) is 13.0 Å². The molecule has 0 radical (unpaired) electrons. The van der Waals surface area contributed by atoms with E-state index in [9.17, 15) is 14.9 Å². The molecule has 0 atom stereocenters. The van der Waals surface area contributed by atoms with E-state index in [-0.39, 0.29) is 27.6 Å². The predicted molar refractivity (Wildman–Crippen MR) is 79.4 cm³/mol. The maximum absolute atomic E-state index is 12.1. The molecule has 1 heterocycles. The Labute approximate surface area is 124 Å². The van der Waals surface area contributed by atoms with Gasteiger partial charge in [-0.05, 0) is 25.1 Å². The molecule has 8 heteroatoms. The summed E-state index contributed by atoms with van der Waals surface area (Å²) in [6.07, 6.45) is 1.35. The van der Waals surface area contributed by atoms with E-state index in [0.29, 0.717) is 5.69 Å². The van der Waals surface area contributed by atoms with Crippen LogP contribution in [-0.4, -0.2) is 15.8 Å². The normalized spacial score (nSPS) is 10.2. The lowest BCUT2D eigenvalue weighted by Gasteiger charge is -2.08. The number of amides is 1. The Morgan fingerprint density at radius 1 is 1.43 bits per heavy atom. The van der Waals surface area contributed by atoms with Crippen molar-refractivity contribution >= 4 is 34.6 Å². The molecule has 3 N–H and O–H groups in total. The van der Waals surface area contributed by atoms with E-state index >= 15 is 0 Å². The van der Waals surface area contributed by atoms with E-state index in [4.69, 9.17) is 17.3 Å². The second-order valence-corrected chi connectivity index (χ2v) is 4.70. The van der Waals surface area contributed by atoms with Gasteiger partial charge in [0, 0.05) is 29.3 Å². The van der Waals surface area contributed by atoms with Crippen LogP contribution < -0.4 is 11.1 Å². The first-order chi connectivity index (χ1) is 9.88. The summed E-state index contributed by atoms with van der Waals surface area (Å²) in [5.74, 6) is -0.503. The third-order valence-corrected chi connectivity index (χ3v) is 3.04. The topological polar surface area (TPSA) is 111 Å². The highest BCUT2D eigenvalue weighted by atomic mass is 35.5. The molecule has 0 unspecified atom stereocenters. The van der Waals surface area contributed by atoms with Crippen LogP contribution in [0.1, 0.15) is 16.1 Å². The summed E-state index contributed by atoms with van der Waals surface area (Å²) in [6, 6.07) is 5.55. The first kappa shape index (κ1) is 14.7. The van der Waals surface area contributed by atoms with Gasteiger partial charge in [0.25, 0.3) is 11.6 Å². The number of hydrogen-bond acceptors (Lipinski definition) is 5. The highest BCUT2D eigenvalue weighted by Gasteiger charge is 2.15. The Bertz CT molecular complexity index is 733. The van der Waals surface area contributed by atoms with Gasteiger partial charge in [-0.15, -0.1) is 0 Å². The summed E-state index contributed by atoms with van der Waals surface area (Å²) in [6.45, 7) is 1.75. The zero-order chi connectivity index (χ0) is 15.6. The number of carbonyl (C=O) groups excluding carboxylic acids is 1. The molecule has 0 fully saturated rings. The number of hydrogen-bond donors (Lipinski definition) is 2. The van der Waals surface area contributed by atoms with Crippen LogP contribution in [0.2, 0.25) is 5.02 Å². The molecule has 108 valence electrons. The van der Waals surface area contributed by atoms with Crippen molar-refractivity contribution in [3.63, 3.8) is 0 Å².